The number of rotatable bonds is 4. The predicted octanol–water partition coefficient (Wildman–Crippen LogP) is 1.14. The summed E-state index contributed by atoms with van der Waals surface area (Å²) in [4.78, 5) is 17.9. The Labute approximate surface area is 125 Å². The van der Waals surface area contributed by atoms with Gasteiger partial charge in [0.25, 0.3) is 0 Å². The number of likely N-dealkylation sites (N-methyl/N-ethyl adjacent to an activating group) is 1. The van der Waals surface area contributed by atoms with E-state index in [0.29, 0.717) is 19.3 Å². The summed E-state index contributed by atoms with van der Waals surface area (Å²) in [7, 11) is 1.72. The minimum atomic E-state index is -0.847. The Morgan fingerprint density at radius 2 is 2.14 bits per heavy atom. The number of aliphatic hydroxyl groups is 2. The first-order valence-electron chi connectivity index (χ1n) is 7.60. The van der Waals surface area contributed by atoms with Gasteiger partial charge < -0.3 is 15.1 Å². The summed E-state index contributed by atoms with van der Waals surface area (Å²) in [6.07, 6.45) is 6.10. The summed E-state index contributed by atoms with van der Waals surface area (Å²) in [5.74, 6) is -0.00277. The van der Waals surface area contributed by atoms with Crippen LogP contribution in [0.25, 0.3) is 0 Å². The molecule has 1 saturated carbocycles. The molecular weight excluding hydrogens is 268 g/mol. The van der Waals surface area contributed by atoms with E-state index in [-0.39, 0.29) is 11.9 Å². The Morgan fingerprint density at radius 3 is 2.86 bits per heavy atom. The molecular formula is C16H24N2O3. The summed E-state index contributed by atoms with van der Waals surface area (Å²) < 4.78 is 0. The van der Waals surface area contributed by atoms with Crippen LogP contribution >= 0.6 is 0 Å². The number of amides is 1. The molecule has 1 heterocycles. The van der Waals surface area contributed by atoms with Crippen molar-refractivity contribution in [1.29, 1.82) is 0 Å². The van der Waals surface area contributed by atoms with E-state index in [1.807, 2.05) is 12.1 Å². The summed E-state index contributed by atoms with van der Waals surface area (Å²) in [5.41, 5.74) is 1.03. The molecule has 0 radical (unpaired) electrons. The highest BCUT2D eigenvalue weighted by Crippen LogP contribution is 2.23. The molecule has 1 aliphatic carbocycles. The molecule has 5 nitrogen and oxygen atoms in total. The van der Waals surface area contributed by atoms with Crippen LogP contribution in [-0.2, 0) is 11.2 Å². The van der Waals surface area contributed by atoms with Gasteiger partial charge in [0.15, 0.2) is 0 Å². The molecule has 1 amide bonds. The maximum atomic E-state index is 12.3. The summed E-state index contributed by atoms with van der Waals surface area (Å²) >= 11 is 0. The molecule has 0 saturated heterocycles. The van der Waals surface area contributed by atoms with Crippen molar-refractivity contribution in [2.24, 2.45) is 0 Å². The number of aliphatic hydroxyl groups excluding tert-OH is 2. The van der Waals surface area contributed by atoms with Crippen molar-refractivity contribution in [3.05, 3.63) is 30.1 Å². The molecule has 0 bridgehead atoms. The van der Waals surface area contributed by atoms with Crippen molar-refractivity contribution in [3.63, 3.8) is 0 Å². The fourth-order valence-electron chi connectivity index (χ4n) is 2.89. The summed E-state index contributed by atoms with van der Waals surface area (Å²) in [6.45, 7) is 0. The fraction of sp³-hybridized carbons (Fsp3) is 0.625. The van der Waals surface area contributed by atoms with E-state index in [2.05, 4.69) is 4.98 Å². The lowest BCUT2D eigenvalue weighted by atomic mass is 10.0. The highest BCUT2D eigenvalue weighted by molar-refractivity contribution is 5.76. The van der Waals surface area contributed by atoms with Crippen LogP contribution in [0.5, 0.6) is 0 Å². The first kappa shape index (κ1) is 15.9. The Morgan fingerprint density at radius 1 is 1.38 bits per heavy atom. The van der Waals surface area contributed by atoms with Crippen LogP contribution in [0.1, 0.15) is 37.7 Å². The van der Waals surface area contributed by atoms with Gasteiger partial charge in [-0.2, -0.15) is 0 Å². The van der Waals surface area contributed by atoms with E-state index in [1.54, 1.807) is 24.3 Å². The Balaban J connectivity index is 1.91. The Kier molecular flexibility index (Phi) is 5.70. The van der Waals surface area contributed by atoms with Gasteiger partial charge in [-0.25, -0.2) is 0 Å². The van der Waals surface area contributed by atoms with Gasteiger partial charge in [-0.3, -0.25) is 9.78 Å². The van der Waals surface area contributed by atoms with Gasteiger partial charge in [0.05, 0.1) is 12.1 Å². The lowest BCUT2D eigenvalue weighted by Crippen LogP contribution is -2.48. The third kappa shape index (κ3) is 4.25. The normalized spacial score (nSPS) is 26.1. The number of nitrogens with zero attached hydrogens (tertiary/aromatic N) is 2. The van der Waals surface area contributed by atoms with Crippen molar-refractivity contribution in [2.75, 3.05) is 7.05 Å². The SMILES string of the molecule is CN(C(=O)CCc1cccnc1)[C@@H]1CCCC[C@@H](O)[C@@H]1O. The third-order valence-electron chi connectivity index (χ3n) is 4.28. The molecule has 0 unspecified atom stereocenters. The lowest BCUT2D eigenvalue weighted by Gasteiger charge is -2.32. The van der Waals surface area contributed by atoms with Gasteiger partial charge >= 0.3 is 0 Å². The first-order chi connectivity index (χ1) is 10.1. The van der Waals surface area contributed by atoms with Crippen molar-refractivity contribution in [3.8, 4) is 0 Å². The quantitative estimate of drug-likeness (QED) is 0.816. The van der Waals surface area contributed by atoms with Crippen molar-refractivity contribution in [2.45, 2.75) is 56.8 Å². The van der Waals surface area contributed by atoms with Crippen molar-refractivity contribution >= 4 is 5.91 Å². The monoisotopic (exact) mass is 292 g/mol. The molecule has 0 aliphatic heterocycles. The lowest BCUT2D eigenvalue weighted by molar-refractivity contribution is -0.136. The van der Waals surface area contributed by atoms with Gasteiger partial charge in [0.2, 0.25) is 5.91 Å². The molecule has 1 fully saturated rings. The van der Waals surface area contributed by atoms with Crippen LogP contribution in [0.3, 0.4) is 0 Å². The van der Waals surface area contributed by atoms with Crippen LogP contribution in [0.15, 0.2) is 24.5 Å². The fourth-order valence-corrected chi connectivity index (χ4v) is 2.89. The minimum absolute atomic E-state index is 0.00277. The molecule has 3 atom stereocenters. The van der Waals surface area contributed by atoms with Crippen LogP contribution in [-0.4, -0.2) is 51.3 Å². The van der Waals surface area contributed by atoms with Crippen LogP contribution in [0, 0.1) is 0 Å². The first-order valence-corrected chi connectivity index (χ1v) is 7.60. The summed E-state index contributed by atoms with van der Waals surface area (Å²) in [6, 6.07) is 3.52. The zero-order valence-electron chi connectivity index (χ0n) is 12.5. The number of aromatic nitrogens is 1. The van der Waals surface area contributed by atoms with Crippen molar-refractivity contribution < 1.29 is 15.0 Å². The van der Waals surface area contributed by atoms with Gasteiger partial charge in [-0.15, -0.1) is 0 Å². The molecule has 0 spiro atoms. The van der Waals surface area contributed by atoms with Crippen LogP contribution in [0.2, 0.25) is 0 Å². The van der Waals surface area contributed by atoms with E-state index in [0.717, 1.165) is 24.8 Å². The zero-order chi connectivity index (χ0) is 15.2. The number of pyridine rings is 1. The average Bonchev–Trinajstić information content (AvgIpc) is 2.67. The van der Waals surface area contributed by atoms with E-state index >= 15 is 0 Å². The zero-order valence-corrected chi connectivity index (χ0v) is 12.5. The molecule has 2 N–H and O–H groups in total. The van der Waals surface area contributed by atoms with Crippen LogP contribution in [0.4, 0.5) is 0 Å². The van der Waals surface area contributed by atoms with E-state index in [9.17, 15) is 15.0 Å². The third-order valence-corrected chi connectivity index (χ3v) is 4.28. The van der Waals surface area contributed by atoms with Gasteiger partial charge in [0.1, 0.15) is 6.10 Å². The largest absolute Gasteiger partial charge is 0.390 e. The highest BCUT2D eigenvalue weighted by atomic mass is 16.3. The van der Waals surface area contributed by atoms with Gasteiger partial charge in [0, 0.05) is 25.9 Å². The molecule has 1 aromatic heterocycles. The second-order valence-corrected chi connectivity index (χ2v) is 5.78. The molecule has 116 valence electrons. The number of carbonyl (C=O) groups is 1. The average molecular weight is 292 g/mol. The molecule has 21 heavy (non-hydrogen) atoms. The Bertz CT molecular complexity index is 452. The topological polar surface area (TPSA) is 73.7 Å². The summed E-state index contributed by atoms with van der Waals surface area (Å²) in [5, 5.41) is 20.0. The second kappa shape index (κ2) is 7.52. The van der Waals surface area contributed by atoms with Crippen molar-refractivity contribution in [1.82, 2.24) is 9.88 Å². The van der Waals surface area contributed by atoms with E-state index in [4.69, 9.17) is 0 Å². The Hall–Kier alpha value is -1.46. The minimum Gasteiger partial charge on any atom is -0.390 e. The standard InChI is InChI=1S/C16H24N2O3/c1-18(13-6-2-3-7-14(19)16(13)21)15(20)9-8-12-5-4-10-17-11-12/h4-5,10-11,13-14,16,19,21H,2-3,6-9H2,1H3/t13-,14-,16-/m1/s1. The van der Waals surface area contributed by atoms with E-state index < -0.39 is 12.2 Å². The van der Waals surface area contributed by atoms with Crippen LogP contribution < -0.4 is 0 Å². The maximum Gasteiger partial charge on any atom is 0.222 e. The predicted molar refractivity (Wildman–Crippen MR) is 79.6 cm³/mol. The smallest absolute Gasteiger partial charge is 0.222 e. The highest BCUT2D eigenvalue weighted by Gasteiger charge is 2.33. The molecule has 0 aromatic carbocycles. The number of hydrogen-bond donors (Lipinski definition) is 2. The number of aryl methyl sites for hydroxylation is 1. The number of hydrogen-bond acceptors (Lipinski definition) is 4. The molecule has 1 aliphatic rings. The molecule has 2 rings (SSSR count). The number of carbonyl (C=O) groups excluding carboxylic acids is 1. The molecule has 5 heteroatoms. The van der Waals surface area contributed by atoms with Gasteiger partial charge in [-0.1, -0.05) is 18.9 Å². The second-order valence-electron chi connectivity index (χ2n) is 5.78. The maximum absolute atomic E-state index is 12.3. The molecule has 1 aromatic rings. The van der Waals surface area contributed by atoms with Gasteiger partial charge in [-0.05, 0) is 30.9 Å². The van der Waals surface area contributed by atoms with E-state index in [1.165, 1.54) is 0 Å².